The summed E-state index contributed by atoms with van der Waals surface area (Å²) in [4.78, 5) is 16.4. The minimum absolute atomic E-state index is 0.282. The number of hydrogen-bond donors (Lipinski definition) is 1. The third kappa shape index (κ3) is 3.27. The van der Waals surface area contributed by atoms with Crippen molar-refractivity contribution in [3.63, 3.8) is 0 Å². The maximum atomic E-state index is 12.4. The van der Waals surface area contributed by atoms with Crippen molar-refractivity contribution in [2.45, 2.75) is 6.92 Å². The minimum atomic E-state index is -0.282. The summed E-state index contributed by atoms with van der Waals surface area (Å²) < 4.78 is 6.70. The number of methoxy groups -OCH3 is 1. The van der Waals surface area contributed by atoms with E-state index in [4.69, 9.17) is 4.74 Å². The van der Waals surface area contributed by atoms with Crippen molar-refractivity contribution in [1.29, 1.82) is 0 Å². The Morgan fingerprint density at radius 1 is 1.17 bits per heavy atom. The van der Waals surface area contributed by atoms with Crippen molar-refractivity contribution in [1.82, 2.24) is 14.8 Å². The summed E-state index contributed by atoms with van der Waals surface area (Å²) >= 11 is 0. The molecule has 0 aliphatic carbocycles. The summed E-state index contributed by atoms with van der Waals surface area (Å²) in [6, 6.07) is 13.3. The fraction of sp³-hybridized carbons (Fsp3) is 0.167. The molecule has 2 aromatic heterocycles. The fourth-order valence-electron chi connectivity index (χ4n) is 2.34. The molecule has 0 saturated heterocycles. The van der Waals surface area contributed by atoms with E-state index in [0.717, 1.165) is 11.3 Å². The van der Waals surface area contributed by atoms with Crippen LogP contribution in [0.4, 0.5) is 5.69 Å². The van der Waals surface area contributed by atoms with Gasteiger partial charge in [-0.1, -0.05) is 29.8 Å². The van der Waals surface area contributed by atoms with Gasteiger partial charge in [-0.2, -0.15) is 5.10 Å². The number of ether oxygens (including phenoxy) is 1. The Hall–Kier alpha value is -3.15. The predicted molar refractivity (Wildman–Crippen MR) is 92.1 cm³/mol. The maximum Gasteiger partial charge on any atom is 0.276 e. The molecule has 0 unspecified atom stereocenters. The highest BCUT2D eigenvalue weighted by molar-refractivity contribution is 6.03. The highest BCUT2D eigenvalue weighted by Crippen LogP contribution is 2.21. The predicted octanol–water partition coefficient (Wildman–Crippen LogP) is 3.05. The normalized spacial score (nSPS) is 10.5. The van der Waals surface area contributed by atoms with Gasteiger partial charge in [0.2, 0.25) is 5.88 Å². The van der Waals surface area contributed by atoms with Crippen LogP contribution >= 0.6 is 0 Å². The van der Waals surface area contributed by atoms with Gasteiger partial charge in [0.25, 0.3) is 5.91 Å². The molecule has 3 rings (SSSR count). The molecule has 3 aromatic rings. The van der Waals surface area contributed by atoms with Crippen molar-refractivity contribution >= 4 is 11.6 Å². The molecule has 6 heteroatoms. The molecule has 6 nitrogen and oxygen atoms in total. The first-order valence-electron chi connectivity index (χ1n) is 7.49. The summed E-state index contributed by atoms with van der Waals surface area (Å²) in [7, 11) is 3.36. The van der Waals surface area contributed by atoms with E-state index in [1.807, 2.05) is 38.2 Å². The van der Waals surface area contributed by atoms with Gasteiger partial charge in [-0.15, -0.1) is 0 Å². The third-order valence-corrected chi connectivity index (χ3v) is 3.66. The minimum Gasteiger partial charge on any atom is -0.481 e. The number of anilines is 1. The van der Waals surface area contributed by atoms with E-state index < -0.39 is 0 Å². The van der Waals surface area contributed by atoms with Gasteiger partial charge in [-0.25, -0.2) is 4.98 Å². The average molecular weight is 322 g/mol. The number of carbonyl (C=O) groups is 1. The smallest absolute Gasteiger partial charge is 0.276 e. The van der Waals surface area contributed by atoms with Crippen molar-refractivity contribution in [2.24, 2.45) is 7.05 Å². The molecule has 1 amide bonds. The first-order valence-corrected chi connectivity index (χ1v) is 7.49. The number of aromatic nitrogens is 3. The fourth-order valence-corrected chi connectivity index (χ4v) is 2.34. The maximum absolute atomic E-state index is 12.4. The lowest BCUT2D eigenvalue weighted by atomic mass is 10.1. The Labute approximate surface area is 140 Å². The van der Waals surface area contributed by atoms with E-state index >= 15 is 0 Å². The number of pyridine rings is 1. The lowest BCUT2D eigenvalue weighted by molar-refractivity contribution is 0.102. The van der Waals surface area contributed by atoms with E-state index in [1.165, 1.54) is 5.56 Å². The Morgan fingerprint density at radius 2 is 1.92 bits per heavy atom. The van der Waals surface area contributed by atoms with Crippen LogP contribution in [0.2, 0.25) is 0 Å². The largest absolute Gasteiger partial charge is 0.481 e. The molecule has 0 spiro atoms. The summed E-state index contributed by atoms with van der Waals surface area (Å²) in [5.41, 5.74) is 4.02. The van der Waals surface area contributed by atoms with E-state index in [1.54, 1.807) is 36.2 Å². The van der Waals surface area contributed by atoms with Gasteiger partial charge < -0.3 is 10.1 Å². The summed E-state index contributed by atoms with van der Waals surface area (Å²) in [5, 5.41) is 7.08. The Morgan fingerprint density at radius 3 is 2.54 bits per heavy atom. The van der Waals surface area contributed by atoms with Gasteiger partial charge in [0.05, 0.1) is 24.7 Å². The molecule has 0 aliphatic heterocycles. The zero-order valence-corrected chi connectivity index (χ0v) is 13.8. The Bertz CT molecular complexity index is 852. The number of amides is 1. The topological polar surface area (TPSA) is 69.0 Å². The average Bonchev–Trinajstić information content (AvgIpc) is 2.98. The molecular weight excluding hydrogens is 304 g/mol. The highest BCUT2D eigenvalue weighted by Gasteiger charge is 2.14. The molecular formula is C18H18N4O2. The van der Waals surface area contributed by atoms with Gasteiger partial charge in [-0.3, -0.25) is 9.48 Å². The molecule has 0 saturated carbocycles. The quantitative estimate of drug-likeness (QED) is 0.801. The van der Waals surface area contributed by atoms with Crippen LogP contribution in [0.1, 0.15) is 16.1 Å². The number of rotatable bonds is 4. The molecule has 122 valence electrons. The second-order valence-electron chi connectivity index (χ2n) is 5.45. The zero-order chi connectivity index (χ0) is 17.1. The van der Waals surface area contributed by atoms with Crippen LogP contribution in [0.15, 0.2) is 48.7 Å². The second kappa shape index (κ2) is 6.54. The van der Waals surface area contributed by atoms with Crippen LogP contribution in [-0.2, 0) is 7.05 Å². The molecule has 24 heavy (non-hydrogen) atoms. The van der Waals surface area contributed by atoms with Crippen LogP contribution in [0.25, 0.3) is 11.3 Å². The highest BCUT2D eigenvalue weighted by atomic mass is 16.5. The van der Waals surface area contributed by atoms with E-state index in [9.17, 15) is 4.79 Å². The van der Waals surface area contributed by atoms with Gasteiger partial charge in [0.15, 0.2) is 5.69 Å². The zero-order valence-electron chi connectivity index (χ0n) is 13.8. The first kappa shape index (κ1) is 15.7. The molecule has 0 bridgehead atoms. The second-order valence-corrected chi connectivity index (χ2v) is 5.45. The number of nitrogens with zero attached hydrogens (tertiary/aromatic N) is 3. The van der Waals surface area contributed by atoms with E-state index in [2.05, 4.69) is 15.4 Å². The van der Waals surface area contributed by atoms with Gasteiger partial charge in [-0.05, 0) is 24.6 Å². The number of aryl methyl sites for hydroxylation is 2. The molecule has 1 N–H and O–H groups in total. The standard InChI is InChI=1S/C18H18N4O2/c1-12-4-6-13(7-5-12)16-10-15(21-22(16)2)18(23)20-14-8-9-17(24-3)19-11-14/h4-11H,1-3H3,(H,20,23). The molecule has 2 heterocycles. The molecule has 0 aliphatic rings. The number of benzene rings is 1. The van der Waals surface area contributed by atoms with Crippen molar-refractivity contribution in [3.8, 4) is 17.1 Å². The SMILES string of the molecule is COc1ccc(NC(=O)c2cc(-c3ccc(C)cc3)n(C)n2)cn1. The van der Waals surface area contributed by atoms with Gasteiger partial charge >= 0.3 is 0 Å². The molecule has 0 radical (unpaired) electrons. The Balaban J connectivity index is 1.80. The number of nitrogens with one attached hydrogen (secondary N) is 1. The first-order chi connectivity index (χ1) is 11.6. The van der Waals surface area contributed by atoms with Crippen LogP contribution in [0.5, 0.6) is 5.88 Å². The molecule has 0 atom stereocenters. The van der Waals surface area contributed by atoms with Crippen molar-refractivity contribution in [3.05, 3.63) is 59.9 Å². The lowest BCUT2D eigenvalue weighted by Crippen LogP contribution is -2.13. The van der Waals surface area contributed by atoms with E-state index in [0.29, 0.717) is 17.3 Å². The summed E-state index contributed by atoms with van der Waals surface area (Å²) in [5.74, 6) is 0.212. The van der Waals surface area contributed by atoms with Crippen molar-refractivity contribution in [2.75, 3.05) is 12.4 Å². The number of hydrogen-bond acceptors (Lipinski definition) is 4. The van der Waals surface area contributed by atoms with Gasteiger partial charge in [0.1, 0.15) is 0 Å². The van der Waals surface area contributed by atoms with Crippen LogP contribution in [0, 0.1) is 6.92 Å². The summed E-state index contributed by atoms with van der Waals surface area (Å²) in [6.45, 7) is 2.04. The lowest BCUT2D eigenvalue weighted by Gasteiger charge is -2.03. The van der Waals surface area contributed by atoms with Crippen LogP contribution in [0.3, 0.4) is 0 Å². The monoisotopic (exact) mass is 322 g/mol. The molecule has 0 fully saturated rings. The van der Waals surface area contributed by atoms with Crippen LogP contribution < -0.4 is 10.1 Å². The van der Waals surface area contributed by atoms with E-state index in [-0.39, 0.29) is 5.91 Å². The number of carbonyl (C=O) groups excluding carboxylic acids is 1. The van der Waals surface area contributed by atoms with Crippen molar-refractivity contribution < 1.29 is 9.53 Å². The van der Waals surface area contributed by atoms with Gasteiger partial charge in [0, 0.05) is 13.1 Å². The summed E-state index contributed by atoms with van der Waals surface area (Å²) in [6.07, 6.45) is 1.54. The van der Waals surface area contributed by atoms with Crippen LogP contribution in [-0.4, -0.2) is 27.8 Å². The molecule has 1 aromatic carbocycles. The third-order valence-electron chi connectivity index (χ3n) is 3.66. The Kier molecular flexibility index (Phi) is 4.29.